The summed E-state index contributed by atoms with van der Waals surface area (Å²) < 4.78 is 0. The van der Waals surface area contributed by atoms with Gasteiger partial charge in [0.15, 0.2) is 0 Å². The fraction of sp³-hybridized carbons (Fsp3) is 0.286. The molecule has 0 radical (unpaired) electrons. The molecule has 0 bridgehead atoms. The van der Waals surface area contributed by atoms with Gasteiger partial charge in [0.25, 0.3) is 0 Å². The van der Waals surface area contributed by atoms with E-state index in [1.54, 1.807) is 0 Å². The van der Waals surface area contributed by atoms with Crippen molar-refractivity contribution in [2.75, 3.05) is 0 Å². The van der Waals surface area contributed by atoms with Crippen LogP contribution in [-0.4, -0.2) is 11.2 Å². The lowest BCUT2D eigenvalue weighted by atomic mass is 10.1. The third-order valence-corrected chi connectivity index (χ3v) is 2.31. The smallest absolute Gasteiger partial charge is 0.0658 e. The number of fused-ring (bicyclic) bond motifs is 1. The van der Waals surface area contributed by atoms with E-state index in [0.29, 0.717) is 12.8 Å². The molecule has 15 heavy (non-hydrogen) atoms. The third-order valence-electron chi connectivity index (χ3n) is 2.31. The van der Waals surface area contributed by atoms with Crippen LogP contribution in [0.15, 0.2) is 24.3 Å². The molecular formula is C14H12O. The van der Waals surface area contributed by atoms with Crippen LogP contribution in [0.4, 0.5) is 0 Å². The van der Waals surface area contributed by atoms with Crippen LogP contribution in [0.5, 0.6) is 0 Å². The molecule has 0 spiro atoms. The topological polar surface area (TPSA) is 20.2 Å². The lowest BCUT2D eigenvalue weighted by molar-refractivity contribution is 0.172. The SMILES string of the molecule is OC1CC#Cc2ccccc2C#CCC1. The van der Waals surface area contributed by atoms with E-state index in [-0.39, 0.29) is 6.10 Å². The Balaban J connectivity index is 2.38. The number of benzene rings is 1. The van der Waals surface area contributed by atoms with Crippen LogP contribution in [0.1, 0.15) is 30.4 Å². The van der Waals surface area contributed by atoms with Gasteiger partial charge in [0, 0.05) is 24.0 Å². The van der Waals surface area contributed by atoms with E-state index in [9.17, 15) is 5.11 Å². The molecule has 74 valence electrons. The Labute approximate surface area is 90.1 Å². The maximum atomic E-state index is 9.51. The molecule has 1 unspecified atom stereocenters. The predicted molar refractivity (Wildman–Crippen MR) is 60.1 cm³/mol. The van der Waals surface area contributed by atoms with Crippen molar-refractivity contribution >= 4 is 0 Å². The zero-order valence-electron chi connectivity index (χ0n) is 8.46. The van der Waals surface area contributed by atoms with Gasteiger partial charge < -0.3 is 5.11 Å². The summed E-state index contributed by atoms with van der Waals surface area (Å²) in [5.74, 6) is 12.2. The number of rotatable bonds is 0. The van der Waals surface area contributed by atoms with E-state index < -0.39 is 0 Å². The molecule has 2 rings (SSSR count). The molecule has 1 nitrogen and oxygen atoms in total. The third kappa shape index (κ3) is 2.62. The highest BCUT2D eigenvalue weighted by Gasteiger charge is 2.01. The highest BCUT2D eigenvalue weighted by atomic mass is 16.3. The zero-order valence-corrected chi connectivity index (χ0v) is 8.46. The molecule has 0 fully saturated rings. The molecule has 0 aromatic heterocycles. The van der Waals surface area contributed by atoms with Crippen molar-refractivity contribution in [3.8, 4) is 23.7 Å². The fourth-order valence-electron chi connectivity index (χ4n) is 1.46. The summed E-state index contributed by atoms with van der Waals surface area (Å²) in [6, 6.07) is 7.87. The highest BCUT2D eigenvalue weighted by molar-refractivity contribution is 5.50. The average molecular weight is 196 g/mol. The number of aliphatic hydroxyl groups excluding tert-OH is 1. The van der Waals surface area contributed by atoms with Gasteiger partial charge in [-0.3, -0.25) is 0 Å². The Morgan fingerprint density at radius 2 is 1.73 bits per heavy atom. The molecule has 1 aliphatic rings. The van der Waals surface area contributed by atoms with Gasteiger partial charge in [0.1, 0.15) is 0 Å². The van der Waals surface area contributed by atoms with Gasteiger partial charge in [-0.15, -0.1) is 0 Å². The second kappa shape index (κ2) is 4.69. The lowest BCUT2D eigenvalue weighted by Gasteiger charge is -2.04. The summed E-state index contributed by atoms with van der Waals surface area (Å²) in [4.78, 5) is 0. The van der Waals surface area contributed by atoms with E-state index in [0.717, 1.165) is 17.5 Å². The molecule has 1 atom stereocenters. The van der Waals surface area contributed by atoms with Crippen LogP contribution in [0.2, 0.25) is 0 Å². The Kier molecular flexibility index (Phi) is 3.08. The minimum Gasteiger partial charge on any atom is -0.392 e. The molecule has 0 amide bonds. The van der Waals surface area contributed by atoms with Crippen molar-refractivity contribution in [1.82, 2.24) is 0 Å². The quantitative estimate of drug-likeness (QED) is 0.629. The maximum absolute atomic E-state index is 9.51. The number of hydrogen-bond donors (Lipinski definition) is 1. The minimum atomic E-state index is -0.336. The van der Waals surface area contributed by atoms with Crippen LogP contribution in [0, 0.1) is 23.7 Å². The predicted octanol–water partition coefficient (Wildman–Crippen LogP) is 1.93. The molecule has 0 aliphatic heterocycles. The van der Waals surface area contributed by atoms with E-state index in [2.05, 4.69) is 23.7 Å². The van der Waals surface area contributed by atoms with Crippen LogP contribution in [-0.2, 0) is 0 Å². The molecule has 1 heteroatoms. The van der Waals surface area contributed by atoms with Gasteiger partial charge in [-0.1, -0.05) is 35.8 Å². The van der Waals surface area contributed by atoms with Crippen LogP contribution in [0.25, 0.3) is 0 Å². The first-order chi connectivity index (χ1) is 7.36. The second-order valence-electron chi connectivity index (χ2n) is 3.55. The van der Waals surface area contributed by atoms with Crippen LogP contribution >= 0.6 is 0 Å². The van der Waals surface area contributed by atoms with Gasteiger partial charge in [0.05, 0.1) is 6.10 Å². The monoisotopic (exact) mass is 196 g/mol. The number of aliphatic hydroxyl groups is 1. The number of hydrogen-bond acceptors (Lipinski definition) is 1. The Morgan fingerprint density at radius 3 is 2.47 bits per heavy atom. The summed E-state index contributed by atoms with van der Waals surface area (Å²) in [5.41, 5.74) is 1.94. The van der Waals surface area contributed by atoms with Crippen molar-refractivity contribution in [3.63, 3.8) is 0 Å². The summed E-state index contributed by atoms with van der Waals surface area (Å²) >= 11 is 0. The lowest BCUT2D eigenvalue weighted by Crippen LogP contribution is -2.04. The van der Waals surface area contributed by atoms with Gasteiger partial charge in [-0.25, -0.2) is 0 Å². The van der Waals surface area contributed by atoms with Crippen LogP contribution < -0.4 is 0 Å². The molecule has 0 heterocycles. The van der Waals surface area contributed by atoms with Gasteiger partial charge in [-0.05, 0) is 18.6 Å². The first kappa shape index (κ1) is 9.84. The van der Waals surface area contributed by atoms with Crippen molar-refractivity contribution in [3.05, 3.63) is 35.4 Å². The van der Waals surface area contributed by atoms with E-state index >= 15 is 0 Å². The molecule has 1 N–H and O–H groups in total. The fourth-order valence-corrected chi connectivity index (χ4v) is 1.46. The van der Waals surface area contributed by atoms with E-state index in [1.165, 1.54) is 0 Å². The first-order valence-electron chi connectivity index (χ1n) is 5.11. The summed E-state index contributed by atoms with van der Waals surface area (Å²) in [7, 11) is 0. The van der Waals surface area contributed by atoms with Gasteiger partial charge in [0.2, 0.25) is 0 Å². The van der Waals surface area contributed by atoms with Crippen LogP contribution in [0.3, 0.4) is 0 Å². The normalized spacial score (nSPS) is 18.9. The van der Waals surface area contributed by atoms with Crippen molar-refractivity contribution in [1.29, 1.82) is 0 Å². The minimum absolute atomic E-state index is 0.336. The molecule has 1 aromatic carbocycles. The standard InChI is InChI=1S/C14H12O/c15-14-10-4-3-8-12-6-1-2-7-13(12)9-5-11-14/h1-2,6-7,14-15H,4,10-11H2. The molecule has 0 saturated heterocycles. The van der Waals surface area contributed by atoms with E-state index in [4.69, 9.17) is 0 Å². The molecule has 0 saturated carbocycles. The zero-order chi connectivity index (χ0) is 10.5. The van der Waals surface area contributed by atoms with Crippen molar-refractivity contribution in [2.24, 2.45) is 0 Å². The van der Waals surface area contributed by atoms with Gasteiger partial charge in [-0.2, -0.15) is 0 Å². The molecule has 1 aromatic rings. The summed E-state index contributed by atoms with van der Waals surface area (Å²) in [6.45, 7) is 0. The largest absolute Gasteiger partial charge is 0.392 e. The Hall–Kier alpha value is -1.70. The first-order valence-corrected chi connectivity index (χ1v) is 5.11. The van der Waals surface area contributed by atoms with E-state index in [1.807, 2.05) is 24.3 Å². The van der Waals surface area contributed by atoms with Gasteiger partial charge >= 0.3 is 0 Å². The second-order valence-corrected chi connectivity index (χ2v) is 3.55. The Morgan fingerprint density at radius 1 is 1.07 bits per heavy atom. The molecule has 1 aliphatic carbocycles. The summed E-state index contributed by atoms with van der Waals surface area (Å²) in [5, 5.41) is 9.51. The van der Waals surface area contributed by atoms with Crippen molar-refractivity contribution < 1.29 is 5.11 Å². The molecular weight excluding hydrogens is 184 g/mol. The Bertz CT molecular complexity index is 465. The highest BCUT2D eigenvalue weighted by Crippen LogP contribution is 2.08. The maximum Gasteiger partial charge on any atom is 0.0658 e. The van der Waals surface area contributed by atoms with Crippen molar-refractivity contribution in [2.45, 2.75) is 25.4 Å². The average Bonchev–Trinajstić information content (AvgIpc) is 2.26. The summed E-state index contributed by atoms with van der Waals surface area (Å²) in [6.07, 6.45) is 1.65.